The van der Waals surface area contributed by atoms with E-state index in [1.54, 1.807) is 0 Å². The van der Waals surface area contributed by atoms with Gasteiger partial charge < -0.3 is 34.6 Å². The molecule has 1 fully saturated rings. The van der Waals surface area contributed by atoms with Gasteiger partial charge in [-0.05, 0) is 13.8 Å². The Balaban J connectivity index is 2.25. The summed E-state index contributed by atoms with van der Waals surface area (Å²) in [5.74, 6) is 0. The van der Waals surface area contributed by atoms with Crippen molar-refractivity contribution in [3.8, 4) is 0 Å². The molecule has 0 radical (unpaired) electrons. The maximum absolute atomic E-state index is 9.61. The van der Waals surface area contributed by atoms with Crippen molar-refractivity contribution in [2.45, 2.75) is 50.7 Å². The molecule has 108 valence electrons. The predicted octanol–water partition coefficient (Wildman–Crippen LogP) is -1.77. The Hall–Kier alpha value is -0.280. The van der Waals surface area contributed by atoms with Gasteiger partial charge in [0, 0.05) is 0 Å². The molecule has 0 saturated carbocycles. The van der Waals surface area contributed by atoms with E-state index < -0.39 is 30.7 Å². The van der Waals surface area contributed by atoms with Gasteiger partial charge in [-0.15, -0.1) is 0 Å². The van der Waals surface area contributed by atoms with Gasteiger partial charge in [-0.25, -0.2) is 0 Å². The maximum Gasteiger partial charge on any atom is 0.184 e. The predicted molar refractivity (Wildman–Crippen MR) is 60.8 cm³/mol. The summed E-state index contributed by atoms with van der Waals surface area (Å²) < 4.78 is 15.4. The van der Waals surface area contributed by atoms with Gasteiger partial charge in [-0.2, -0.15) is 0 Å². The van der Waals surface area contributed by atoms with Crippen molar-refractivity contribution < 1.29 is 34.6 Å². The second kappa shape index (κ2) is 7.34. The van der Waals surface area contributed by atoms with E-state index in [-0.39, 0.29) is 12.7 Å². The molecular formula is C11H22O7. The fourth-order valence-corrected chi connectivity index (χ4v) is 1.61. The summed E-state index contributed by atoms with van der Waals surface area (Å²) in [5, 5.41) is 37.6. The van der Waals surface area contributed by atoms with E-state index >= 15 is 0 Å². The van der Waals surface area contributed by atoms with E-state index in [1.165, 1.54) is 0 Å². The summed E-state index contributed by atoms with van der Waals surface area (Å²) in [4.78, 5) is 0. The molecule has 0 bridgehead atoms. The van der Waals surface area contributed by atoms with Crippen LogP contribution in [0.1, 0.15) is 13.8 Å². The first kappa shape index (κ1) is 15.8. The molecule has 0 aromatic heterocycles. The first-order valence-electron chi connectivity index (χ1n) is 6.00. The van der Waals surface area contributed by atoms with Gasteiger partial charge >= 0.3 is 0 Å². The molecule has 18 heavy (non-hydrogen) atoms. The SMILES string of the molecule is CC(C)OCCOCC1OC(O)C(O)C(O)C1O. The average Bonchev–Trinajstić information content (AvgIpc) is 2.32. The highest BCUT2D eigenvalue weighted by Crippen LogP contribution is 2.19. The molecule has 5 atom stereocenters. The lowest BCUT2D eigenvalue weighted by molar-refractivity contribution is -0.288. The zero-order valence-corrected chi connectivity index (χ0v) is 10.6. The van der Waals surface area contributed by atoms with Crippen LogP contribution in [0, 0.1) is 0 Å². The van der Waals surface area contributed by atoms with Gasteiger partial charge in [0.2, 0.25) is 0 Å². The molecule has 1 saturated heterocycles. The van der Waals surface area contributed by atoms with Gasteiger partial charge in [0.25, 0.3) is 0 Å². The molecule has 7 heteroatoms. The normalized spacial score (nSPS) is 37.2. The molecule has 1 aliphatic rings. The topological polar surface area (TPSA) is 109 Å². The Morgan fingerprint density at radius 2 is 1.67 bits per heavy atom. The smallest absolute Gasteiger partial charge is 0.184 e. The minimum atomic E-state index is -1.52. The summed E-state index contributed by atoms with van der Waals surface area (Å²) in [5.41, 5.74) is 0. The standard InChI is InChI=1S/C11H22O7/c1-6(2)17-4-3-16-5-7-8(12)9(13)10(14)11(15)18-7/h6-15H,3-5H2,1-2H3. The van der Waals surface area contributed by atoms with Gasteiger partial charge in [-0.1, -0.05) is 0 Å². The van der Waals surface area contributed by atoms with E-state index in [4.69, 9.17) is 14.2 Å². The van der Waals surface area contributed by atoms with Gasteiger partial charge in [0.15, 0.2) is 6.29 Å². The van der Waals surface area contributed by atoms with Crippen LogP contribution in [0.3, 0.4) is 0 Å². The van der Waals surface area contributed by atoms with E-state index in [1.807, 2.05) is 13.8 Å². The first-order chi connectivity index (χ1) is 8.43. The van der Waals surface area contributed by atoms with E-state index in [0.29, 0.717) is 13.2 Å². The third-order valence-corrected chi connectivity index (χ3v) is 2.65. The fraction of sp³-hybridized carbons (Fsp3) is 1.00. The average molecular weight is 266 g/mol. The summed E-state index contributed by atoms with van der Waals surface area (Å²) in [6.45, 7) is 4.54. The minimum absolute atomic E-state index is 0.00343. The Labute approximate surface area is 106 Å². The molecule has 1 aliphatic heterocycles. The lowest BCUT2D eigenvalue weighted by Crippen LogP contribution is -2.58. The van der Waals surface area contributed by atoms with Crippen molar-refractivity contribution in [1.82, 2.24) is 0 Å². The van der Waals surface area contributed by atoms with Crippen molar-refractivity contribution in [3.63, 3.8) is 0 Å². The number of rotatable bonds is 6. The van der Waals surface area contributed by atoms with Crippen LogP contribution >= 0.6 is 0 Å². The van der Waals surface area contributed by atoms with Crippen molar-refractivity contribution in [2.75, 3.05) is 19.8 Å². The third kappa shape index (κ3) is 4.43. The highest BCUT2D eigenvalue weighted by Gasteiger charge is 2.42. The Morgan fingerprint density at radius 1 is 1.00 bits per heavy atom. The highest BCUT2D eigenvalue weighted by atomic mass is 16.6. The summed E-state index contributed by atoms with van der Waals surface area (Å²) in [6.07, 6.45) is -6.55. The van der Waals surface area contributed by atoms with E-state index in [9.17, 15) is 20.4 Å². The summed E-state index contributed by atoms with van der Waals surface area (Å²) >= 11 is 0. The van der Waals surface area contributed by atoms with Crippen LogP contribution in [0.25, 0.3) is 0 Å². The quantitative estimate of drug-likeness (QED) is 0.421. The molecule has 0 aromatic rings. The summed E-state index contributed by atoms with van der Waals surface area (Å²) in [6, 6.07) is 0. The minimum Gasteiger partial charge on any atom is -0.387 e. The van der Waals surface area contributed by atoms with Crippen LogP contribution in [0.5, 0.6) is 0 Å². The van der Waals surface area contributed by atoms with Crippen LogP contribution in [-0.2, 0) is 14.2 Å². The van der Waals surface area contributed by atoms with E-state index in [2.05, 4.69) is 0 Å². The molecule has 4 N–H and O–H groups in total. The van der Waals surface area contributed by atoms with Crippen molar-refractivity contribution in [2.24, 2.45) is 0 Å². The number of ether oxygens (including phenoxy) is 3. The lowest BCUT2D eigenvalue weighted by Gasteiger charge is -2.38. The van der Waals surface area contributed by atoms with Crippen LogP contribution in [0.15, 0.2) is 0 Å². The molecule has 7 nitrogen and oxygen atoms in total. The zero-order valence-electron chi connectivity index (χ0n) is 10.6. The Bertz CT molecular complexity index is 235. The van der Waals surface area contributed by atoms with E-state index in [0.717, 1.165) is 0 Å². The monoisotopic (exact) mass is 266 g/mol. The zero-order chi connectivity index (χ0) is 13.7. The Kier molecular flexibility index (Phi) is 6.44. The molecule has 1 heterocycles. The molecule has 0 aromatic carbocycles. The Morgan fingerprint density at radius 3 is 2.28 bits per heavy atom. The van der Waals surface area contributed by atoms with Gasteiger partial charge in [-0.3, -0.25) is 0 Å². The van der Waals surface area contributed by atoms with Crippen molar-refractivity contribution in [1.29, 1.82) is 0 Å². The molecular weight excluding hydrogens is 244 g/mol. The molecule has 1 rings (SSSR count). The van der Waals surface area contributed by atoms with Crippen molar-refractivity contribution >= 4 is 0 Å². The second-order valence-electron chi connectivity index (χ2n) is 4.53. The highest BCUT2D eigenvalue weighted by molar-refractivity contribution is 4.88. The number of hydrogen-bond donors (Lipinski definition) is 4. The van der Waals surface area contributed by atoms with Crippen LogP contribution in [0.2, 0.25) is 0 Å². The third-order valence-electron chi connectivity index (χ3n) is 2.65. The fourth-order valence-electron chi connectivity index (χ4n) is 1.61. The molecule has 0 aliphatic carbocycles. The maximum atomic E-state index is 9.61. The second-order valence-corrected chi connectivity index (χ2v) is 4.53. The van der Waals surface area contributed by atoms with Crippen molar-refractivity contribution in [3.05, 3.63) is 0 Å². The van der Waals surface area contributed by atoms with Crippen LogP contribution < -0.4 is 0 Å². The largest absolute Gasteiger partial charge is 0.387 e. The lowest BCUT2D eigenvalue weighted by atomic mass is 9.99. The number of hydrogen-bond acceptors (Lipinski definition) is 7. The van der Waals surface area contributed by atoms with Gasteiger partial charge in [0.1, 0.15) is 24.4 Å². The molecule has 0 spiro atoms. The van der Waals surface area contributed by atoms with Crippen LogP contribution in [0.4, 0.5) is 0 Å². The molecule has 0 amide bonds. The number of aliphatic hydroxyl groups is 4. The van der Waals surface area contributed by atoms with Crippen LogP contribution in [-0.4, -0.2) is 77.1 Å². The number of aliphatic hydroxyl groups excluding tert-OH is 4. The molecule has 5 unspecified atom stereocenters. The first-order valence-corrected chi connectivity index (χ1v) is 6.00. The van der Waals surface area contributed by atoms with Gasteiger partial charge in [0.05, 0.1) is 25.9 Å². The summed E-state index contributed by atoms with van der Waals surface area (Å²) in [7, 11) is 0.